The summed E-state index contributed by atoms with van der Waals surface area (Å²) >= 11 is 0. The van der Waals surface area contributed by atoms with Gasteiger partial charge in [0.2, 0.25) is 15.0 Å². The fraction of sp³-hybridized carbons (Fsp3) is 0.920. The van der Waals surface area contributed by atoms with E-state index >= 15 is 0 Å². The first-order valence-electron chi connectivity index (χ1n) is 12.6. The fourth-order valence-electron chi connectivity index (χ4n) is 6.40. The monoisotopic (exact) mass is 474 g/mol. The van der Waals surface area contributed by atoms with Crippen LogP contribution in [-0.2, 0) is 14.3 Å². The van der Waals surface area contributed by atoms with Crippen molar-refractivity contribution in [2.45, 2.75) is 123 Å². The summed E-state index contributed by atoms with van der Waals surface area (Å²) in [6.45, 7) is 16.2. The molecule has 0 aromatic carbocycles. The zero-order valence-electron chi connectivity index (χ0n) is 21.3. The number of rotatable bonds is 9. The molecule has 0 spiro atoms. The van der Waals surface area contributed by atoms with Gasteiger partial charge >= 0.3 is 0 Å². The molecule has 2 rings (SSSR count). The minimum atomic E-state index is -3.89. The molecule has 5 atom stereocenters. The normalized spacial score (nSPS) is 31.5. The molecule has 0 aliphatic heterocycles. The van der Waals surface area contributed by atoms with Crippen LogP contribution in [0.5, 0.6) is 0 Å². The number of allylic oxidation sites excluding steroid dienone is 1. The molecule has 2 aliphatic carbocycles. The summed E-state index contributed by atoms with van der Waals surface area (Å²) in [5, 5.41) is -0.957. The average molecular weight is 475 g/mol. The van der Waals surface area contributed by atoms with Crippen molar-refractivity contribution in [3.05, 3.63) is 11.2 Å². The standard InChI is InChI=1S/C25H47FO3SSi/c1-9-31(10-2,11-3)29-22-13-12-18-25(8)20(15-16-21(22)25)19(4)14-17-23(26)30(27,28)24(5,6)7/h17,19-22H,9-16,18H2,1-8H3/b23-17+/t19-,20-,21+,22+,25-/m1/s1. The van der Waals surface area contributed by atoms with Crippen LogP contribution in [0.4, 0.5) is 4.39 Å². The first kappa shape index (κ1) is 27.0. The Morgan fingerprint density at radius 1 is 1.16 bits per heavy atom. The van der Waals surface area contributed by atoms with Gasteiger partial charge in [0.25, 0.3) is 0 Å². The SMILES string of the molecule is CC[Si](CC)(CC)O[C@H]1CCC[C@]2(C)[C@@H]([C@H](C)C/C=C(\F)S(=O)(=O)C(C)(C)C)CC[C@@H]12. The van der Waals surface area contributed by atoms with Crippen LogP contribution in [0.3, 0.4) is 0 Å². The predicted molar refractivity (Wildman–Crippen MR) is 132 cm³/mol. The average Bonchev–Trinajstić information content (AvgIpc) is 3.07. The van der Waals surface area contributed by atoms with Crippen LogP contribution < -0.4 is 0 Å². The Balaban J connectivity index is 2.16. The molecule has 2 aliphatic rings. The van der Waals surface area contributed by atoms with Crippen LogP contribution in [0, 0.1) is 23.2 Å². The summed E-state index contributed by atoms with van der Waals surface area (Å²) in [6.07, 6.45) is 8.10. The fourth-order valence-corrected chi connectivity index (χ4v) is 10.2. The van der Waals surface area contributed by atoms with Crippen molar-refractivity contribution in [1.29, 1.82) is 0 Å². The molecule has 0 unspecified atom stereocenters. The summed E-state index contributed by atoms with van der Waals surface area (Å²) < 4.78 is 45.2. The Morgan fingerprint density at radius 2 is 1.74 bits per heavy atom. The lowest BCUT2D eigenvalue weighted by Gasteiger charge is -2.48. The van der Waals surface area contributed by atoms with E-state index in [1.807, 2.05) is 0 Å². The molecular formula is C25H47FO3SSi. The van der Waals surface area contributed by atoms with Gasteiger partial charge in [-0.1, -0.05) is 41.0 Å². The maximum Gasteiger partial charge on any atom is 0.211 e. The maximum absolute atomic E-state index is 14.6. The number of hydrogen-bond donors (Lipinski definition) is 0. The van der Waals surface area contributed by atoms with Crippen LogP contribution in [0.1, 0.15) is 93.9 Å². The summed E-state index contributed by atoms with van der Waals surface area (Å²) in [6, 6.07) is 3.56. The van der Waals surface area contributed by atoms with Crippen molar-refractivity contribution in [3.8, 4) is 0 Å². The molecule has 0 bridgehead atoms. The van der Waals surface area contributed by atoms with Gasteiger partial charge < -0.3 is 4.43 Å². The predicted octanol–water partition coefficient (Wildman–Crippen LogP) is 7.64. The van der Waals surface area contributed by atoms with Crippen molar-refractivity contribution in [3.63, 3.8) is 0 Å². The third kappa shape index (κ3) is 5.32. The maximum atomic E-state index is 14.6. The van der Waals surface area contributed by atoms with Crippen molar-refractivity contribution in [2.75, 3.05) is 0 Å². The van der Waals surface area contributed by atoms with Gasteiger partial charge in [-0.05, 0) is 100 Å². The van der Waals surface area contributed by atoms with Crippen molar-refractivity contribution >= 4 is 18.2 Å². The number of hydrogen-bond acceptors (Lipinski definition) is 3. The van der Waals surface area contributed by atoms with Crippen LogP contribution >= 0.6 is 0 Å². The first-order chi connectivity index (χ1) is 14.3. The highest BCUT2D eigenvalue weighted by Crippen LogP contribution is 2.59. The van der Waals surface area contributed by atoms with Gasteiger partial charge in [-0.15, -0.1) is 0 Å². The quantitative estimate of drug-likeness (QED) is 0.322. The van der Waals surface area contributed by atoms with Gasteiger partial charge in [-0.3, -0.25) is 0 Å². The van der Waals surface area contributed by atoms with E-state index in [2.05, 4.69) is 34.6 Å². The van der Waals surface area contributed by atoms with Gasteiger partial charge in [0, 0.05) is 6.10 Å². The molecular weight excluding hydrogens is 427 g/mol. The summed E-state index contributed by atoms with van der Waals surface area (Å²) in [7, 11) is -5.53. The lowest BCUT2D eigenvalue weighted by Crippen LogP contribution is -2.48. The van der Waals surface area contributed by atoms with Crippen molar-refractivity contribution in [2.24, 2.45) is 23.2 Å². The van der Waals surface area contributed by atoms with E-state index in [1.165, 1.54) is 49.9 Å². The third-order valence-corrected chi connectivity index (χ3v) is 15.8. The van der Waals surface area contributed by atoms with E-state index in [1.54, 1.807) is 20.8 Å². The molecule has 0 aromatic rings. The second-order valence-electron chi connectivity index (χ2n) is 11.4. The molecule has 0 heterocycles. The topological polar surface area (TPSA) is 43.4 Å². The molecule has 0 radical (unpaired) electrons. The summed E-state index contributed by atoms with van der Waals surface area (Å²) in [5.74, 6) is 1.34. The molecule has 0 aromatic heterocycles. The van der Waals surface area contributed by atoms with Gasteiger partial charge in [0.15, 0.2) is 8.32 Å². The third-order valence-electron chi connectivity index (χ3n) is 8.87. The Labute approximate surface area is 192 Å². The smallest absolute Gasteiger partial charge is 0.211 e. The Morgan fingerprint density at radius 3 is 2.26 bits per heavy atom. The molecule has 0 amide bonds. The van der Waals surface area contributed by atoms with E-state index < -0.39 is 28.1 Å². The highest BCUT2D eigenvalue weighted by Gasteiger charge is 2.53. The molecule has 0 N–H and O–H groups in total. The molecule has 31 heavy (non-hydrogen) atoms. The lowest BCUT2D eigenvalue weighted by molar-refractivity contribution is -0.0191. The van der Waals surface area contributed by atoms with Crippen LogP contribution in [-0.4, -0.2) is 27.6 Å². The van der Waals surface area contributed by atoms with E-state index in [9.17, 15) is 12.8 Å². The van der Waals surface area contributed by atoms with Gasteiger partial charge in [-0.2, -0.15) is 4.39 Å². The van der Waals surface area contributed by atoms with E-state index in [0.29, 0.717) is 24.4 Å². The summed E-state index contributed by atoms with van der Waals surface area (Å²) in [5.41, 5.74) is 0.213. The Bertz CT molecular complexity index is 730. The Kier molecular flexibility index (Phi) is 8.69. The van der Waals surface area contributed by atoms with Crippen molar-refractivity contribution < 1.29 is 17.2 Å². The lowest BCUT2D eigenvalue weighted by atomic mass is 9.61. The molecule has 3 nitrogen and oxygen atoms in total. The number of halogens is 1. The van der Waals surface area contributed by atoms with Gasteiger partial charge in [-0.25, -0.2) is 8.42 Å². The van der Waals surface area contributed by atoms with E-state index in [-0.39, 0.29) is 11.3 Å². The largest absolute Gasteiger partial charge is 0.414 e. The van der Waals surface area contributed by atoms with Gasteiger partial charge in [0.05, 0.1) is 4.75 Å². The molecule has 2 saturated carbocycles. The van der Waals surface area contributed by atoms with Crippen LogP contribution in [0.15, 0.2) is 11.2 Å². The second-order valence-corrected chi connectivity index (χ2v) is 18.8. The van der Waals surface area contributed by atoms with E-state index in [4.69, 9.17) is 4.43 Å². The number of sulfone groups is 1. The molecule has 2 fully saturated rings. The highest BCUT2D eigenvalue weighted by molar-refractivity contribution is 7.96. The highest BCUT2D eigenvalue weighted by atomic mass is 32.2. The van der Waals surface area contributed by atoms with Crippen LogP contribution in [0.2, 0.25) is 18.1 Å². The molecule has 6 heteroatoms. The Hall–Kier alpha value is -0.203. The zero-order chi connectivity index (χ0) is 23.7. The van der Waals surface area contributed by atoms with E-state index in [0.717, 1.165) is 6.42 Å². The minimum Gasteiger partial charge on any atom is -0.414 e. The van der Waals surface area contributed by atoms with Crippen LogP contribution in [0.25, 0.3) is 0 Å². The minimum absolute atomic E-state index is 0.213. The second kappa shape index (κ2) is 9.96. The molecule has 0 saturated heterocycles. The van der Waals surface area contributed by atoms with Crippen molar-refractivity contribution in [1.82, 2.24) is 0 Å². The molecule has 182 valence electrons. The first-order valence-corrected chi connectivity index (χ1v) is 16.6. The van der Waals surface area contributed by atoms with Gasteiger partial charge in [0.1, 0.15) is 0 Å². The summed E-state index contributed by atoms with van der Waals surface area (Å²) in [4.78, 5) is 0. The number of fused-ring (bicyclic) bond motifs is 1. The zero-order valence-corrected chi connectivity index (χ0v) is 23.1.